The number of fused-ring (bicyclic) bond motifs is 4. The summed E-state index contributed by atoms with van der Waals surface area (Å²) < 4.78 is 6.29. The standard InChI is InChI=1S/C23H32O2/c1-14-8-18(20-11-15-4-6-17(20)9-15)13-22(14,2)21(24)25-23(3)12-16-5-7-19(23)10-16/h4,6,11,14-19H,5,7-10,12-13H2,1-3H3. The van der Waals surface area contributed by atoms with Gasteiger partial charge < -0.3 is 4.74 Å². The number of allylic oxidation sites excluding steroid dienone is 4. The van der Waals surface area contributed by atoms with Gasteiger partial charge in [-0.2, -0.15) is 0 Å². The number of esters is 1. The van der Waals surface area contributed by atoms with E-state index in [1.54, 1.807) is 5.57 Å². The third-order valence-electron chi connectivity index (χ3n) is 8.71. The maximum atomic E-state index is 13.3. The van der Waals surface area contributed by atoms with Gasteiger partial charge in [-0.3, -0.25) is 4.79 Å². The molecule has 3 saturated carbocycles. The Kier molecular flexibility index (Phi) is 3.38. The molecule has 0 spiro atoms. The molecule has 0 aliphatic heterocycles. The Bertz CT molecular complexity index is 661. The Morgan fingerprint density at radius 2 is 1.96 bits per heavy atom. The fourth-order valence-corrected chi connectivity index (χ4v) is 6.94. The second-order valence-electron chi connectivity index (χ2n) is 10.3. The van der Waals surface area contributed by atoms with Crippen molar-refractivity contribution in [1.29, 1.82) is 0 Å². The fourth-order valence-electron chi connectivity index (χ4n) is 6.94. The molecule has 2 heteroatoms. The molecular weight excluding hydrogens is 308 g/mol. The van der Waals surface area contributed by atoms with Gasteiger partial charge in [0.05, 0.1) is 5.41 Å². The first-order valence-corrected chi connectivity index (χ1v) is 10.5. The number of carbonyl (C=O) groups excluding carboxylic acids is 1. The Morgan fingerprint density at radius 1 is 1.12 bits per heavy atom. The Labute approximate surface area is 152 Å². The van der Waals surface area contributed by atoms with Crippen molar-refractivity contribution in [3.8, 4) is 0 Å². The van der Waals surface area contributed by atoms with Gasteiger partial charge in [0.2, 0.25) is 0 Å². The number of hydrogen-bond acceptors (Lipinski definition) is 2. The van der Waals surface area contributed by atoms with Gasteiger partial charge in [0.25, 0.3) is 0 Å². The van der Waals surface area contributed by atoms with Gasteiger partial charge in [0, 0.05) is 0 Å². The lowest BCUT2D eigenvalue weighted by Crippen LogP contribution is -2.43. The molecule has 0 aromatic heterocycles. The molecule has 136 valence electrons. The largest absolute Gasteiger partial charge is 0.459 e. The Balaban J connectivity index is 1.31. The Morgan fingerprint density at radius 3 is 2.56 bits per heavy atom. The zero-order valence-corrected chi connectivity index (χ0v) is 16.0. The lowest BCUT2D eigenvalue weighted by molar-refractivity contribution is -0.177. The minimum atomic E-state index is -0.304. The van der Waals surface area contributed by atoms with Crippen LogP contribution >= 0.6 is 0 Å². The number of ether oxygens (including phenoxy) is 1. The molecule has 2 nitrogen and oxygen atoms in total. The van der Waals surface area contributed by atoms with E-state index < -0.39 is 0 Å². The molecule has 3 fully saturated rings. The molecule has 0 saturated heterocycles. The summed E-state index contributed by atoms with van der Waals surface area (Å²) in [7, 11) is 0. The van der Waals surface area contributed by atoms with Gasteiger partial charge >= 0.3 is 5.97 Å². The highest BCUT2D eigenvalue weighted by Crippen LogP contribution is 2.57. The normalized spacial score (nSPS) is 52.8. The van der Waals surface area contributed by atoms with E-state index in [4.69, 9.17) is 4.74 Å². The summed E-state index contributed by atoms with van der Waals surface area (Å²) in [6.45, 7) is 6.66. The van der Waals surface area contributed by atoms with Crippen LogP contribution in [-0.2, 0) is 9.53 Å². The van der Waals surface area contributed by atoms with Gasteiger partial charge in [-0.05, 0) is 94.3 Å². The molecule has 25 heavy (non-hydrogen) atoms. The van der Waals surface area contributed by atoms with Crippen molar-refractivity contribution in [3.05, 3.63) is 23.8 Å². The van der Waals surface area contributed by atoms with Crippen LogP contribution in [0.25, 0.3) is 0 Å². The predicted molar refractivity (Wildman–Crippen MR) is 98.8 cm³/mol. The van der Waals surface area contributed by atoms with Crippen LogP contribution in [0.4, 0.5) is 0 Å². The topological polar surface area (TPSA) is 26.3 Å². The molecule has 5 rings (SSSR count). The van der Waals surface area contributed by atoms with E-state index in [9.17, 15) is 4.79 Å². The maximum absolute atomic E-state index is 13.3. The zero-order chi connectivity index (χ0) is 17.4. The van der Waals surface area contributed by atoms with Crippen LogP contribution in [0.3, 0.4) is 0 Å². The van der Waals surface area contributed by atoms with Crippen LogP contribution in [-0.4, -0.2) is 11.6 Å². The smallest absolute Gasteiger partial charge is 0.312 e. The summed E-state index contributed by atoms with van der Waals surface area (Å²) in [4.78, 5) is 13.3. The molecule has 4 bridgehead atoms. The van der Waals surface area contributed by atoms with E-state index in [-0.39, 0.29) is 17.0 Å². The van der Waals surface area contributed by atoms with Crippen LogP contribution in [0, 0.1) is 40.9 Å². The predicted octanol–water partition coefficient (Wildman–Crippen LogP) is 5.29. The molecule has 5 aliphatic carbocycles. The van der Waals surface area contributed by atoms with Crippen LogP contribution in [0.5, 0.6) is 0 Å². The second-order valence-corrected chi connectivity index (χ2v) is 10.3. The van der Waals surface area contributed by atoms with Crippen molar-refractivity contribution in [2.75, 3.05) is 0 Å². The first-order valence-electron chi connectivity index (χ1n) is 10.5. The molecule has 0 amide bonds. The van der Waals surface area contributed by atoms with Crippen LogP contribution < -0.4 is 0 Å². The van der Waals surface area contributed by atoms with Gasteiger partial charge in [-0.1, -0.05) is 30.7 Å². The molecule has 0 aromatic carbocycles. The van der Waals surface area contributed by atoms with Crippen molar-refractivity contribution in [1.82, 2.24) is 0 Å². The molecule has 5 aliphatic rings. The molecular formula is C23H32O2. The van der Waals surface area contributed by atoms with Crippen LogP contribution in [0.1, 0.15) is 65.7 Å². The molecule has 0 aromatic rings. The summed E-state index contributed by atoms with van der Waals surface area (Å²) in [5.41, 5.74) is 1.14. The minimum absolute atomic E-state index is 0.0943. The maximum Gasteiger partial charge on any atom is 0.312 e. The highest BCUT2D eigenvalue weighted by molar-refractivity contribution is 5.78. The molecule has 0 radical (unpaired) electrons. The van der Waals surface area contributed by atoms with E-state index >= 15 is 0 Å². The van der Waals surface area contributed by atoms with Gasteiger partial charge in [0.15, 0.2) is 0 Å². The second kappa shape index (κ2) is 5.24. The van der Waals surface area contributed by atoms with Crippen molar-refractivity contribution >= 4 is 5.97 Å². The van der Waals surface area contributed by atoms with Gasteiger partial charge in [-0.25, -0.2) is 0 Å². The monoisotopic (exact) mass is 340 g/mol. The van der Waals surface area contributed by atoms with E-state index in [1.165, 1.54) is 25.7 Å². The van der Waals surface area contributed by atoms with Crippen molar-refractivity contribution in [2.45, 2.75) is 71.3 Å². The summed E-state index contributed by atoms with van der Waals surface area (Å²) in [6.07, 6.45) is 15.6. The van der Waals surface area contributed by atoms with Gasteiger partial charge in [0.1, 0.15) is 5.60 Å². The van der Waals surface area contributed by atoms with E-state index in [1.807, 2.05) is 0 Å². The van der Waals surface area contributed by atoms with Gasteiger partial charge in [-0.15, -0.1) is 0 Å². The van der Waals surface area contributed by atoms with E-state index in [0.717, 1.165) is 25.2 Å². The number of carbonyl (C=O) groups is 1. The van der Waals surface area contributed by atoms with Crippen LogP contribution in [0.2, 0.25) is 0 Å². The molecule has 8 unspecified atom stereocenters. The molecule has 0 heterocycles. The molecule has 8 atom stereocenters. The average Bonchev–Trinajstić information content (AvgIpc) is 3.34. The SMILES string of the molecule is CC1CC(C2=CC3C=CC2C3)CC1(C)C(=O)OC1(C)CC2CCC1C2. The fraction of sp³-hybridized carbons (Fsp3) is 0.783. The lowest BCUT2D eigenvalue weighted by atomic mass is 9.79. The van der Waals surface area contributed by atoms with Crippen molar-refractivity contribution < 1.29 is 9.53 Å². The first kappa shape index (κ1) is 16.1. The highest BCUT2D eigenvalue weighted by atomic mass is 16.6. The summed E-state index contributed by atoms with van der Waals surface area (Å²) in [6, 6.07) is 0. The van der Waals surface area contributed by atoms with Crippen LogP contribution in [0.15, 0.2) is 23.8 Å². The summed E-state index contributed by atoms with van der Waals surface area (Å²) in [5.74, 6) is 3.82. The highest BCUT2D eigenvalue weighted by Gasteiger charge is 2.55. The van der Waals surface area contributed by atoms with Crippen molar-refractivity contribution in [3.63, 3.8) is 0 Å². The van der Waals surface area contributed by atoms with E-state index in [0.29, 0.717) is 29.6 Å². The third kappa shape index (κ3) is 2.32. The number of hydrogen-bond donors (Lipinski definition) is 0. The average molecular weight is 341 g/mol. The quantitative estimate of drug-likeness (QED) is 0.515. The minimum Gasteiger partial charge on any atom is -0.459 e. The first-order chi connectivity index (χ1) is 11.9. The third-order valence-corrected chi connectivity index (χ3v) is 8.71. The summed E-state index contributed by atoms with van der Waals surface area (Å²) >= 11 is 0. The zero-order valence-electron chi connectivity index (χ0n) is 16.0. The number of rotatable bonds is 3. The lowest BCUT2D eigenvalue weighted by Gasteiger charge is -2.38. The molecule has 0 N–H and O–H groups in total. The summed E-state index contributed by atoms with van der Waals surface area (Å²) in [5, 5.41) is 0. The van der Waals surface area contributed by atoms with E-state index in [2.05, 4.69) is 39.0 Å². The van der Waals surface area contributed by atoms with Crippen molar-refractivity contribution in [2.24, 2.45) is 40.9 Å². The Hall–Kier alpha value is -1.05.